The predicted molar refractivity (Wildman–Crippen MR) is 138 cm³/mol. The fourth-order valence-corrected chi connectivity index (χ4v) is 5.92. The van der Waals surface area contributed by atoms with E-state index in [1.807, 2.05) is 49.3 Å². The maximum absolute atomic E-state index is 13.2. The topological polar surface area (TPSA) is 81.8 Å². The van der Waals surface area contributed by atoms with Gasteiger partial charge in [-0.25, -0.2) is 9.52 Å². The van der Waals surface area contributed by atoms with Crippen molar-refractivity contribution in [2.75, 3.05) is 39.0 Å². The molecule has 2 aromatic rings. The number of aryl methyl sites for hydroxylation is 2. The molecule has 0 aliphatic heterocycles. The van der Waals surface area contributed by atoms with E-state index >= 15 is 0 Å². The van der Waals surface area contributed by atoms with E-state index in [0.29, 0.717) is 26.1 Å². The van der Waals surface area contributed by atoms with Crippen LogP contribution in [-0.2, 0) is 42.3 Å². The summed E-state index contributed by atoms with van der Waals surface area (Å²) in [6.45, 7) is 1.17. The molecule has 0 aromatic heterocycles. The van der Waals surface area contributed by atoms with E-state index in [1.54, 1.807) is 0 Å². The first kappa shape index (κ1) is 27.8. The SMILES string of the molecule is CN(C)CCN(CCc1ccccc1)S(=O)(=O)NC(=O)Nc1c2c(cc3c1CCC3)CCC2.[K]. The number of hydrogen-bond donors (Lipinski definition) is 2. The van der Waals surface area contributed by atoms with Gasteiger partial charge in [0, 0.05) is 76.7 Å². The number of benzene rings is 2. The van der Waals surface area contributed by atoms with E-state index in [0.717, 1.165) is 49.8 Å². The molecule has 0 unspecified atom stereocenters. The van der Waals surface area contributed by atoms with Crippen LogP contribution in [0.3, 0.4) is 0 Å². The number of carbonyl (C=O) groups excluding carboxylic acids is 1. The van der Waals surface area contributed by atoms with Crippen LogP contribution in [-0.4, -0.2) is 109 Å². The third-order valence-corrected chi connectivity index (χ3v) is 8.05. The van der Waals surface area contributed by atoms with Crippen LogP contribution >= 0.6 is 0 Å². The largest absolute Gasteiger partial charge is 0.333 e. The molecule has 0 spiro atoms. The molecule has 7 nitrogen and oxygen atoms in total. The van der Waals surface area contributed by atoms with E-state index in [2.05, 4.69) is 16.1 Å². The zero-order valence-electron chi connectivity index (χ0n) is 20.6. The minimum absolute atomic E-state index is 0. The van der Waals surface area contributed by atoms with E-state index in [9.17, 15) is 13.2 Å². The molecule has 0 saturated heterocycles. The van der Waals surface area contributed by atoms with Gasteiger partial charge in [-0.05, 0) is 86.9 Å². The molecular formula is C25H34KN4O3S. The summed E-state index contributed by atoms with van der Waals surface area (Å²) < 4.78 is 30.0. The molecule has 9 heteroatoms. The number of anilines is 1. The number of likely N-dealkylation sites (N-methyl/N-ethyl adjacent to an activating group) is 1. The smallest absolute Gasteiger partial charge is 0.308 e. The Morgan fingerprint density at radius 2 is 1.53 bits per heavy atom. The van der Waals surface area contributed by atoms with Gasteiger partial charge in [0.1, 0.15) is 0 Å². The maximum atomic E-state index is 13.2. The van der Waals surface area contributed by atoms with Crippen LogP contribution in [0, 0.1) is 0 Å². The van der Waals surface area contributed by atoms with Gasteiger partial charge in [0.05, 0.1) is 0 Å². The van der Waals surface area contributed by atoms with Crippen molar-refractivity contribution >= 4 is 73.3 Å². The van der Waals surface area contributed by atoms with E-state index < -0.39 is 16.2 Å². The number of nitrogens with one attached hydrogen (secondary N) is 2. The number of fused-ring (bicyclic) bond motifs is 2. The second-order valence-electron chi connectivity index (χ2n) is 9.23. The van der Waals surface area contributed by atoms with Gasteiger partial charge >= 0.3 is 16.2 Å². The molecule has 4 rings (SSSR count). The summed E-state index contributed by atoms with van der Waals surface area (Å²) in [7, 11) is -0.188. The first-order valence-electron chi connectivity index (χ1n) is 11.8. The van der Waals surface area contributed by atoms with Crippen molar-refractivity contribution in [2.45, 2.75) is 44.9 Å². The van der Waals surface area contributed by atoms with E-state index in [4.69, 9.17) is 0 Å². The van der Waals surface area contributed by atoms with Crippen LogP contribution in [0.1, 0.15) is 40.7 Å². The summed E-state index contributed by atoms with van der Waals surface area (Å²) in [5.41, 5.74) is 6.85. The molecule has 2 amide bonds. The molecular weight excluding hydrogens is 475 g/mol. The Hall–Kier alpha value is -0.784. The number of urea groups is 1. The Kier molecular flexibility index (Phi) is 10.2. The number of carbonyl (C=O) groups is 1. The average Bonchev–Trinajstić information content (AvgIpc) is 3.43. The van der Waals surface area contributed by atoms with Crippen LogP contribution in [0.15, 0.2) is 36.4 Å². The fourth-order valence-electron chi connectivity index (χ4n) is 4.85. The third kappa shape index (κ3) is 6.91. The standard InChI is InChI=1S/C25H34N4O3S.K/c1-28(2)16-17-29(15-14-19-8-4-3-5-9-19)33(31,32)27-25(30)26-24-22-12-6-10-20(22)18-21-11-7-13-23(21)24;/h3-5,8-9,18H,6-7,10-17H2,1-2H3,(H2,26,27,30);. The number of amides is 2. The zero-order chi connectivity index (χ0) is 23.4. The molecule has 2 aliphatic carbocycles. The molecule has 0 fully saturated rings. The summed E-state index contributed by atoms with van der Waals surface area (Å²) in [6, 6.07) is 11.4. The fraction of sp³-hybridized carbons (Fsp3) is 0.480. The second-order valence-corrected chi connectivity index (χ2v) is 10.9. The van der Waals surface area contributed by atoms with Gasteiger partial charge in [-0.2, -0.15) is 12.7 Å². The van der Waals surface area contributed by atoms with E-state index in [-0.39, 0.29) is 51.4 Å². The van der Waals surface area contributed by atoms with Crippen molar-refractivity contribution in [1.82, 2.24) is 13.9 Å². The van der Waals surface area contributed by atoms with Crippen molar-refractivity contribution in [1.29, 1.82) is 0 Å². The monoisotopic (exact) mass is 509 g/mol. The summed E-state index contributed by atoms with van der Waals surface area (Å²) in [4.78, 5) is 14.8. The molecule has 0 heterocycles. The van der Waals surface area contributed by atoms with Crippen molar-refractivity contribution in [3.63, 3.8) is 0 Å². The van der Waals surface area contributed by atoms with Gasteiger partial charge < -0.3 is 10.2 Å². The molecule has 2 aliphatic rings. The average molecular weight is 510 g/mol. The minimum Gasteiger partial charge on any atom is -0.308 e. The molecule has 179 valence electrons. The molecule has 34 heavy (non-hydrogen) atoms. The van der Waals surface area contributed by atoms with Crippen molar-refractivity contribution in [3.8, 4) is 0 Å². The van der Waals surface area contributed by atoms with Crippen LogP contribution in [0.5, 0.6) is 0 Å². The number of nitrogens with zero attached hydrogens (tertiary/aromatic N) is 2. The van der Waals surface area contributed by atoms with Gasteiger partial charge in [-0.3, -0.25) is 0 Å². The molecule has 2 N–H and O–H groups in total. The maximum Gasteiger partial charge on any atom is 0.333 e. The van der Waals surface area contributed by atoms with Crippen LogP contribution in [0.4, 0.5) is 10.5 Å². The van der Waals surface area contributed by atoms with Gasteiger partial charge in [-0.1, -0.05) is 36.4 Å². The minimum atomic E-state index is -3.99. The van der Waals surface area contributed by atoms with Gasteiger partial charge in [0.15, 0.2) is 0 Å². The van der Waals surface area contributed by atoms with Crippen LogP contribution in [0.25, 0.3) is 0 Å². The Bertz CT molecular complexity index is 1070. The zero-order valence-corrected chi connectivity index (χ0v) is 24.5. The Balaban J connectivity index is 0.00000324. The predicted octanol–water partition coefficient (Wildman–Crippen LogP) is 2.76. The van der Waals surface area contributed by atoms with Gasteiger partial charge in [0.25, 0.3) is 0 Å². The van der Waals surface area contributed by atoms with Crippen LogP contribution in [0.2, 0.25) is 0 Å². The third-order valence-electron chi connectivity index (χ3n) is 6.56. The molecule has 2 aromatic carbocycles. The normalized spacial score (nSPS) is 14.6. The molecule has 0 saturated carbocycles. The van der Waals surface area contributed by atoms with Crippen molar-refractivity contribution in [2.24, 2.45) is 0 Å². The van der Waals surface area contributed by atoms with Crippen LogP contribution < -0.4 is 10.0 Å². The Labute approximate surface area is 246 Å². The van der Waals surface area contributed by atoms with Crippen molar-refractivity contribution < 1.29 is 13.2 Å². The Morgan fingerprint density at radius 1 is 0.912 bits per heavy atom. The molecule has 1 radical (unpaired) electrons. The summed E-state index contributed by atoms with van der Waals surface area (Å²) >= 11 is 0. The first-order chi connectivity index (χ1) is 15.8. The summed E-state index contributed by atoms with van der Waals surface area (Å²) in [5, 5.41) is 2.93. The quantitative estimate of drug-likeness (QED) is 0.510. The Morgan fingerprint density at radius 3 is 2.12 bits per heavy atom. The van der Waals surface area contributed by atoms with Gasteiger partial charge in [-0.15, -0.1) is 0 Å². The molecule has 0 bridgehead atoms. The number of hydrogen-bond acceptors (Lipinski definition) is 4. The van der Waals surface area contributed by atoms with E-state index in [1.165, 1.54) is 26.6 Å². The first-order valence-corrected chi connectivity index (χ1v) is 13.2. The van der Waals surface area contributed by atoms with Gasteiger partial charge in [0.2, 0.25) is 0 Å². The number of rotatable bonds is 9. The molecule has 0 atom stereocenters. The second kappa shape index (κ2) is 12.4. The summed E-state index contributed by atoms with van der Waals surface area (Å²) in [5.74, 6) is 0. The van der Waals surface area contributed by atoms with Crippen molar-refractivity contribution in [3.05, 3.63) is 64.2 Å². The summed E-state index contributed by atoms with van der Waals surface area (Å²) in [6.07, 6.45) is 6.63.